The Morgan fingerprint density at radius 3 is 2.21 bits per heavy atom. The quantitative estimate of drug-likeness (QED) is 0.868. The van der Waals surface area contributed by atoms with Crippen molar-refractivity contribution in [1.82, 2.24) is 5.32 Å². The average molecular weight is 333 g/mol. The van der Waals surface area contributed by atoms with E-state index in [-0.39, 0.29) is 11.9 Å². The predicted molar refractivity (Wildman–Crippen MR) is 92.0 cm³/mol. The van der Waals surface area contributed by atoms with Crippen molar-refractivity contribution in [1.29, 1.82) is 0 Å². The molecular formula is C19H27NO4. The van der Waals surface area contributed by atoms with Gasteiger partial charge < -0.3 is 19.5 Å². The molecule has 0 aliphatic heterocycles. The van der Waals surface area contributed by atoms with Gasteiger partial charge in [-0.2, -0.15) is 0 Å². The number of carbonyl (C=O) groups is 1. The maximum atomic E-state index is 12.7. The molecule has 1 amide bonds. The molecule has 2 fully saturated rings. The Morgan fingerprint density at radius 2 is 1.75 bits per heavy atom. The van der Waals surface area contributed by atoms with Crippen molar-refractivity contribution in [3.63, 3.8) is 0 Å². The zero-order chi connectivity index (χ0) is 17.3. The maximum Gasteiger partial charge on any atom is 0.251 e. The molecule has 0 saturated heterocycles. The number of fused-ring (bicyclic) bond motifs is 2. The van der Waals surface area contributed by atoms with Gasteiger partial charge in [-0.15, -0.1) is 0 Å². The maximum absolute atomic E-state index is 12.7. The van der Waals surface area contributed by atoms with Crippen LogP contribution in [0.3, 0.4) is 0 Å². The van der Waals surface area contributed by atoms with E-state index < -0.39 is 0 Å². The van der Waals surface area contributed by atoms with Crippen molar-refractivity contribution in [2.75, 3.05) is 21.3 Å². The Kier molecular flexibility index (Phi) is 4.88. The summed E-state index contributed by atoms with van der Waals surface area (Å²) in [6, 6.07) is 3.58. The van der Waals surface area contributed by atoms with Crippen LogP contribution < -0.4 is 19.5 Å². The zero-order valence-electron chi connectivity index (χ0n) is 14.9. The molecule has 5 nitrogen and oxygen atoms in total. The monoisotopic (exact) mass is 333 g/mol. The SMILES string of the molecule is COc1cc(C(=O)N[C@@H](C)[C@H]2C[C@@H]3CC[C@@H]2C3)cc(OC)c1OC. The van der Waals surface area contributed by atoms with E-state index in [0.717, 1.165) is 11.8 Å². The number of hydrogen-bond acceptors (Lipinski definition) is 4. The van der Waals surface area contributed by atoms with Crippen LogP contribution in [0.25, 0.3) is 0 Å². The molecule has 1 aromatic carbocycles. The molecule has 1 N–H and O–H groups in total. The number of carbonyl (C=O) groups excluding carboxylic acids is 1. The van der Waals surface area contributed by atoms with Gasteiger partial charge in [0.25, 0.3) is 5.91 Å². The molecular weight excluding hydrogens is 306 g/mol. The van der Waals surface area contributed by atoms with E-state index in [2.05, 4.69) is 12.2 Å². The fourth-order valence-electron chi connectivity index (χ4n) is 4.52. The highest BCUT2D eigenvalue weighted by Crippen LogP contribution is 2.49. The Hall–Kier alpha value is -1.91. The highest BCUT2D eigenvalue weighted by molar-refractivity contribution is 5.95. The topological polar surface area (TPSA) is 56.8 Å². The molecule has 0 unspecified atom stereocenters. The second-order valence-corrected chi connectivity index (χ2v) is 7.01. The third-order valence-electron chi connectivity index (χ3n) is 5.72. The molecule has 0 aromatic heterocycles. The first kappa shape index (κ1) is 16.9. The van der Waals surface area contributed by atoms with Crippen molar-refractivity contribution in [2.24, 2.45) is 17.8 Å². The van der Waals surface area contributed by atoms with E-state index in [1.807, 2.05) is 0 Å². The third kappa shape index (κ3) is 3.04. The molecule has 5 heteroatoms. The molecule has 24 heavy (non-hydrogen) atoms. The molecule has 0 radical (unpaired) electrons. The normalized spacial score (nSPS) is 26.1. The van der Waals surface area contributed by atoms with Crippen LogP contribution in [0.15, 0.2) is 12.1 Å². The second-order valence-electron chi connectivity index (χ2n) is 7.01. The third-order valence-corrected chi connectivity index (χ3v) is 5.72. The van der Waals surface area contributed by atoms with Crippen molar-refractivity contribution < 1.29 is 19.0 Å². The summed E-state index contributed by atoms with van der Waals surface area (Å²) < 4.78 is 16.0. The first-order valence-corrected chi connectivity index (χ1v) is 8.68. The highest BCUT2D eigenvalue weighted by Gasteiger charge is 2.42. The summed E-state index contributed by atoms with van der Waals surface area (Å²) >= 11 is 0. The molecule has 3 rings (SSSR count). The van der Waals surface area contributed by atoms with Crippen LogP contribution in [0.1, 0.15) is 43.0 Å². The summed E-state index contributed by atoms with van der Waals surface area (Å²) in [5, 5.41) is 3.17. The lowest BCUT2D eigenvalue weighted by atomic mass is 9.84. The Bertz CT molecular complexity index is 590. The fraction of sp³-hybridized carbons (Fsp3) is 0.632. The van der Waals surface area contributed by atoms with Crippen molar-refractivity contribution in [3.8, 4) is 17.2 Å². The van der Waals surface area contributed by atoms with Crippen LogP contribution in [-0.4, -0.2) is 33.3 Å². The van der Waals surface area contributed by atoms with Crippen LogP contribution in [0.4, 0.5) is 0 Å². The van der Waals surface area contributed by atoms with Gasteiger partial charge in [-0.3, -0.25) is 4.79 Å². The van der Waals surface area contributed by atoms with Gasteiger partial charge in [-0.05, 0) is 56.1 Å². The minimum atomic E-state index is -0.0930. The number of rotatable bonds is 6. The van der Waals surface area contributed by atoms with E-state index in [0.29, 0.717) is 28.7 Å². The molecule has 0 heterocycles. The number of hydrogen-bond donors (Lipinski definition) is 1. The molecule has 2 bridgehead atoms. The van der Waals surface area contributed by atoms with E-state index in [4.69, 9.17) is 14.2 Å². The first-order valence-electron chi connectivity index (χ1n) is 8.68. The van der Waals surface area contributed by atoms with Gasteiger partial charge in [0, 0.05) is 11.6 Å². The number of amides is 1. The van der Waals surface area contributed by atoms with Crippen LogP contribution in [-0.2, 0) is 0 Å². The van der Waals surface area contributed by atoms with Gasteiger partial charge in [-0.1, -0.05) is 6.42 Å². The van der Waals surface area contributed by atoms with Crippen LogP contribution in [0.2, 0.25) is 0 Å². The molecule has 2 aliphatic rings. The van der Waals surface area contributed by atoms with E-state index >= 15 is 0 Å². The highest BCUT2D eigenvalue weighted by atomic mass is 16.5. The number of methoxy groups -OCH3 is 3. The van der Waals surface area contributed by atoms with Gasteiger partial charge in [-0.25, -0.2) is 0 Å². The molecule has 2 aliphatic carbocycles. The van der Waals surface area contributed by atoms with Crippen LogP contribution in [0, 0.1) is 17.8 Å². The standard InChI is InChI=1S/C19H27NO4/c1-11(15-8-12-5-6-13(15)7-12)20-19(21)14-9-16(22-2)18(24-4)17(10-14)23-3/h9-13,15H,5-8H2,1-4H3,(H,20,21)/t11-,12+,13+,15+/m0/s1. The second kappa shape index (κ2) is 6.91. The van der Waals surface area contributed by atoms with Gasteiger partial charge in [0.15, 0.2) is 11.5 Å². The van der Waals surface area contributed by atoms with Crippen molar-refractivity contribution in [3.05, 3.63) is 17.7 Å². The lowest BCUT2D eigenvalue weighted by Crippen LogP contribution is -2.40. The number of ether oxygens (including phenoxy) is 3. The minimum absolute atomic E-state index is 0.0930. The summed E-state index contributed by atoms with van der Waals surface area (Å²) in [5.74, 6) is 3.66. The zero-order valence-corrected chi connectivity index (χ0v) is 14.9. The van der Waals surface area contributed by atoms with Crippen molar-refractivity contribution >= 4 is 5.91 Å². The Labute approximate surface area is 143 Å². The number of benzene rings is 1. The lowest BCUT2D eigenvalue weighted by molar-refractivity contribution is 0.0914. The first-order chi connectivity index (χ1) is 11.6. The summed E-state index contributed by atoms with van der Waals surface area (Å²) in [6.45, 7) is 2.13. The summed E-state index contributed by atoms with van der Waals surface area (Å²) in [5.41, 5.74) is 0.527. The van der Waals surface area contributed by atoms with E-state index in [1.54, 1.807) is 33.5 Å². The summed E-state index contributed by atoms with van der Waals surface area (Å²) in [7, 11) is 4.66. The van der Waals surface area contributed by atoms with E-state index in [1.165, 1.54) is 25.7 Å². The van der Waals surface area contributed by atoms with Gasteiger partial charge in [0.2, 0.25) is 5.75 Å². The lowest BCUT2D eigenvalue weighted by Gasteiger charge is -2.28. The molecule has 132 valence electrons. The predicted octanol–water partition coefficient (Wildman–Crippen LogP) is 3.27. The molecule has 2 saturated carbocycles. The Balaban J connectivity index is 1.74. The largest absolute Gasteiger partial charge is 0.493 e. The molecule has 4 atom stereocenters. The van der Waals surface area contributed by atoms with Gasteiger partial charge >= 0.3 is 0 Å². The molecule has 0 spiro atoms. The van der Waals surface area contributed by atoms with Gasteiger partial charge in [0.05, 0.1) is 21.3 Å². The summed E-state index contributed by atoms with van der Waals surface area (Å²) in [6.07, 6.45) is 5.28. The fourth-order valence-corrected chi connectivity index (χ4v) is 4.52. The van der Waals surface area contributed by atoms with Crippen LogP contribution in [0.5, 0.6) is 17.2 Å². The van der Waals surface area contributed by atoms with E-state index in [9.17, 15) is 4.79 Å². The minimum Gasteiger partial charge on any atom is -0.493 e. The Morgan fingerprint density at radius 1 is 1.08 bits per heavy atom. The van der Waals surface area contributed by atoms with Crippen molar-refractivity contribution in [2.45, 2.75) is 38.6 Å². The average Bonchev–Trinajstić information content (AvgIpc) is 3.23. The number of nitrogens with one attached hydrogen (secondary N) is 1. The molecule has 1 aromatic rings. The van der Waals surface area contributed by atoms with Crippen LogP contribution >= 0.6 is 0 Å². The van der Waals surface area contributed by atoms with Gasteiger partial charge in [0.1, 0.15) is 0 Å². The smallest absolute Gasteiger partial charge is 0.251 e. The summed E-state index contributed by atoms with van der Waals surface area (Å²) in [4.78, 5) is 12.7.